The molecule has 2 atom stereocenters. The third-order valence-corrected chi connectivity index (χ3v) is 5.46. The first-order valence-corrected chi connectivity index (χ1v) is 9.42. The van der Waals surface area contributed by atoms with Gasteiger partial charge < -0.3 is 20.5 Å². The number of benzene rings is 1. The molecule has 0 bridgehead atoms. The molecule has 0 amide bonds. The Morgan fingerprint density at radius 1 is 1.21 bits per heavy atom. The van der Waals surface area contributed by atoms with Gasteiger partial charge in [-0.3, -0.25) is 0 Å². The van der Waals surface area contributed by atoms with E-state index >= 15 is 0 Å². The van der Waals surface area contributed by atoms with Crippen LogP contribution < -0.4 is 20.5 Å². The van der Waals surface area contributed by atoms with Crippen LogP contribution in [0.5, 0.6) is 11.5 Å². The summed E-state index contributed by atoms with van der Waals surface area (Å²) in [6.07, 6.45) is 1.88. The van der Waals surface area contributed by atoms with Gasteiger partial charge in [0.25, 0.3) is 0 Å². The lowest BCUT2D eigenvalue weighted by Crippen LogP contribution is -2.46. The SMILES string of the molecule is COc1cc([C@H]2[C@H]3CNCC=C3C(C#N)=C(N)C2(C#N)C#N)ccc1OC(C)C. The molecule has 1 heterocycles. The first-order valence-electron chi connectivity index (χ1n) is 9.42. The van der Waals surface area contributed by atoms with Crippen LogP contribution in [0.1, 0.15) is 25.3 Å². The molecule has 3 N–H and O–H groups in total. The largest absolute Gasteiger partial charge is 0.493 e. The summed E-state index contributed by atoms with van der Waals surface area (Å²) in [6, 6.07) is 11.8. The number of fused-ring (bicyclic) bond motifs is 1. The van der Waals surface area contributed by atoms with Crippen LogP contribution in [0.15, 0.2) is 41.1 Å². The summed E-state index contributed by atoms with van der Waals surface area (Å²) in [5, 5.41) is 33.1. The Bertz CT molecular complexity index is 989. The van der Waals surface area contributed by atoms with Gasteiger partial charge in [0.1, 0.15) is 6.07 Å². The minimum absolute atomic E-state index is 0.0147. The lowest BCUT2D eigenvalue weighted by atomic mass is 9.58. The molecule has 3 rings (SSSR count). The second kappa shape index (κ2) is 7.87. The van der Waals surface area contributed by atoms with Gasteiger partial charge in [0, 0.05) is 24.9 Å². The molecule has 0 unspecified atom stereocenters. The first kappa shape index (κ1) is 20.3. The van der Waals surface area contributed by atoms with Crippen molar-refractivity contribution in [2.24, 2.45) is 17.1 Å². The van der Waals surface area contributed by atoms with Crippen LogP contribution in [0.3, 0.4) is 0 Å². The van der Waals surface area contributed by atoms with E-state index in [1.807, 2.05) is 26.0 Å². The third-order valence-electron chi connectivity index (χ3n) is 5.46. The highest BCUT2D eigenvalue weighted by Gasteiger charge is 2.54. The lowest BCUT2D eigenvalue weighted by Gasteiger charge is -2.43. The maximum absolute atomic E-state index is 10.1. The van der Waals surface area contributed by atoms with Crippen molar-refractivity contribution in [3.8, 4) is 29.7 Å². The van der Waals surface area contributed by atoms with Crippen LogP contribution >= 0.6 is 0 Å². The monoisotopic (exact) mass is 389 g/mol. The number of ether oxygens (including phenoxy) is 2. The fourth-order valence-corrected chi connectivity index (χ4v) is 4.21. The summed E-state index contributed by atoms with van der Waals surface area (Å²) in [7, 11) is 1.55. The van der Waals surface area contributed by atoms with Crippen molar-refractivity contribution < 1.29 is 9.47 Å². The van der Waals surface area contributed by atoms with E-state index in [2.05, 4.69) is 23.5 Å². The summed E-state index contributed by atoms with van der Waals surface area (Å²) >= 11 is 0. The molecule has 0 aromatic heterocycles. The van der Waals surface area contributed by atoms with E-state index in [0.29, 0.717) is 24.6 Å². The van der Waals surface area contributed by atoms with Gasteiger partial charge in [-0.25, -0.2) is 0 Å². The average molecular weight is 389 g/mol. The average Bonchev–Trinajstić information content (AvgIpc) is 2.73. The Morgan fingerprint density at radius 2 is 1.93 bits per heavy atom. The maximum Gasteiger partial charge on any atom is 0.191 e. The van der Waals surface area contributed by atoms with Crippen LogP contribution in [0, 0.1) is 45.3 Å². The van der Waals surface area contributed by atoms with E-state index in [1.54, 1.807) is 19.2 Å². The van der Waals surface area contributed by atoms with E-state index in [1.165, 1.54) is 0 Å². The molecule has 2 aliphatic rings. The summed E-state index contributed by atoms with van der Waals surface area (Å²) < 4.78 is 11.3. The van der Waals surface area contributed by atoms with Gasteiger partial charge in [-0.1, -0.05) is 12.1 Å². The number of nitriles is 3. The standard InChI is InChI=1S/C22H23N5O2/c1-13(2)29-18-5-4-14(8-19(18)28-3)20-17-10-27-7-6-15(17)16(9-23)21(26)22(20,11-24)12-25/h4-6,8,13,17,20,27H,7,10,26H2,1-3H3/t17-,20-/m0/s1. The van der Waals surface area contributed by atoms with Gasteiger partial charge in [-0.05, 0) is 37.1 Å². The predicted octanol–water partition coefficient (Wildman–Crippen LogP) is 2.50. The normalized spacial score (nSPS) is 22.6. The van der Waals surface area contributed by atoms with Crippen molar-refractivity contribution in [1.29, 1.82) is 15.8 Å². The van der Waals surface area contributed by atoms with Crippen molar-refractivity contribution >= 4 is 0 Å². The molecule has 0 radical (unpaired) electrons. The number of nitrogens with zero attached hydrogens (tertiary/aromatic N) is 3. The molecular weight excluding hydrogens is 366 g/mol. The molecule has 0 fully saturated rings. The lowest BCUT2D eigenvalue weighted by molar-refractivity contribution is 0.229. The molecule has 1 aromatic rings. The first-order chi connectivity index (χ1) is 13.9. The number of allylic oxidation sites excluding steroid dienone is 2. The van der Waals surface area contributed by atoms with Crippen LogP contribution in [0.2, 0.25) is 0 Å². The highest BCUT2D eigenvalue weighted by Crippen LogP contribution is 2.54. The van der Waals surface area contributed by atoms with E-state index in [4.69, 9.17) is 15.2 Å². The summed E-state index contributed by atoms with van der Waals surface area (Å²) in [5.74, 6) is 0.298. The molecule has 0 spiro atoms. The zero-order valence-electron chi connectivity index (χ0n) is 16.7. The minimum Gasteiger partial charge on any atom is -0.493 e. The van der Waals surface area contributed by atoms with Crippen molar-refractivity contribution in [1.82, 2.24) is 5.32 Å². The quantitative estimate of drug-likeness (QED) is 0.809. The van der Waals surface area contributed by atoms with E-state index < -0.39 is 11.3 Å². The number of methoxy groups -OCH3 is 1. The number of hydrogen-bond acceptors (Lipinski definition) is 7. The van der Waals surface area contributed by atoms with E-state index in [9.17, 15) is 15.8 Å². The Hall–Kier alpha value is -3.47. The molecule has 1 aromatic carbocycles. The van der Waals surface area contributed by atoms with E-state index in [-0.39, 0.29) is 23.3 Å². The van der Waals surface area contributed by atoms with Crippen LogP contribution in [-0.4, -0.2) is 26.3 Å². The van der Waals surface area contributed by atoms with Gasteiger partial charge in [-0.15, -0.1) is 0 Å². The Kier molecular flexibility index (Phi) is 5.50. The summed E-state index contributed by atoms with van der Waals surface area (Å²) in [5.41, 5.74) is 6.41. The topological polar surface area (TPSA) is 128 Å². The Balaban J connectivity index is 2.24. The van der Waals surface area contributed by atoms with Crippen molar-refractivity contribution in [2.45, 2.75) is 25.9 Å². The molecule has 29 heavy (non-hydrogen) atoms. The zero-order valence-corrected chi connectivity index (χ0v) is 16.7. The number of nitrogens with one attached hydrogen (secondary N) is 1. The molecule has 7 nitrogen and oxygen atoms in total. The fourth-order valence-electron chi connectivity index (χ4n) is 4.21. The Morgan fingerprint density at radius 3 is 2.52 bits per heavy atom. The summed E-state index contributed by atoms with van der Waals surface area (Å²) in [6.45, 7) is 4.98. The molecule has 148 valence electrons. The third kappa shape index (κ3) is 3.18. The minimum atomic E-state index is -1.66. The molecule has 1 aliphatic carbocycles. The second-order valence-corrected chi connectivity index (χ2v) is 7.41. The number of rotatable bonds is 4. The van der Waals surface area contributed by atoms with Crippen LogP contribution in [-0.2, 0) is 0 Å². The number of nitrogens with two attached hydrogens (primary N) is 1. The molecule has 0 saturated carbocycles. The fraction of sp³-hybridized carbons (Fsp3) is 0.409. The molecule has 7 heteroatoms. The Labute approximate surface area is 170 Å². The van der Waals surface area contributed by atoms with Crippen LogP contribution in [0.25, 0.3) is 0 Å². The summed E-state index contributed by atoms with van der Waals surface area (Å²) in [4.78, 5) is 0. The number of hydrogen-bond donors (Lipinski definition) is 2. The highest BCUT2D eigenvalue weighted by molar-refractivity contribution is 5.60. The van der Waals surface area contributed by atoms with Gasteiger partial charge in [0.15, 0.2) is 16.9 Å². The van der Waals surface area contributed by atoms with Gasteiger partial charge >= 0.3 is 0 Å². The van der Waals surface area contributed by atoms with Crippen LogP contribution in [0.4, 0.5) is 0 Å². The molecular formula is C22H23N5O2. The molecule has 1 aliphatic heterocycles. The van der Waals surface area contributed by atoms with Crippen molar-refractivity contribution in [2.75, 3.05) is 20.2 Å². The van der Waals surface area contributed by atoms with Crippen molar-refractivity contribution in [3.63, 3.8) is 0 Å². The van der Waals surface area contributed by atoms with Gasteiger partial charge in [0.05, 0.1) is 36.6 Å². The van der Waals surface area contributed by atoms with Crippen molar-refractivity contribution in [3.05, 3.63) is 46.7 Å². The predicted molar refractivity (Wildman–Crippen MR) is 106 cm³/mol. The highest BCUT2D eigenvalue weighted by atomic mass is 16.5. The maximum atomic E-state index is 10.1. The molecule has 0 saturated heterocycles. The zero-order chi connectivity index (χ0) is 21.2. The van der Waals surface area contributed by atoms with Gasteiger partial charge in [0.2, 0.25) is 0 Å². The van der Waals surface area contributed by atoms with E-state index in [0.717, 1.165) is 11.1 Å². The smallest absolute Gasteiger partial charge is 0.191 e. The second-order valence-electron chi connectivity index (χ2n) is 7.41. The van der Waals surface area contributed by atoms with Gasteiger partial charge in [-0.2, -0.15) is 15.8 Å².